The Bertz CT molecular complexity index is 530. The molecule has 0 spiro atoms. The molecular weight excluding hydrogens is 320 g/mol. The van der Waals surface area contributed by atoms with Crippen LogP contribution in [0, 0.1) is 5.92 Å². The van der Waals surface area contributed by atoms with Crippen LogP contribution in [0.25, 0.3) is 0 Å². The number of ether oxygens (including phenoxy) is 2. The number of nitrogens with zero attached hydrogens (tertiary/aromatic N) is 6. The molecule has 3 aliphatic rings. The van der Waals surface area contributed by atoms with E-state index < -0.39 is 0 Å². The molecule has 8 nitrogen and oxygen atoms in total. The normalized spacial score (nSPS) is 23.2. The monoisotopic (exact) mass is 348 g/mol. The van der Waals surface area contributed by atoms with Gasteiger partial charge in [-0.25, -0.2) is 0 Å². The highest BCUT2D eigenvalue weighted by molar-refractivity contribution is 5.47. The Hall–Kier alpha value is -1.67. The number of hydrogen-bond donors (Lipinski definition) is 0. The maximum absolute atomic E-state index is 5.48. The maximum atomic E-state index is 5.48. The Morgan fingerprint density at radius 2 is 1.00 bits per heavy atom. The summed E-state index contributed by atoms with van der Waals surface area (Å²) in [6.07, 6.45) is 2.40. The average Bonchev–Trinajstić information content (AvgIpc) is 2.69. The van der Waals surface area contributed by atoms with Crippen LogP contribution in [0.15, 0.2) is 0 Å². The van der Waals surface area contributed by atoms with Crippen molar-refractivity contribution in [2.24, 2.45) is 5.92 Å². The largest absolute Gasteiger partial charge is 0.378 e. The van der Waals surface area contributed by atoms with Crippen LogP contribution in [-0.2, 0) is 9.47 Å². The SMILES string of the molecule is CC1CCN(c2nc(N3CCOCC3)nc(N3CCOCC3)n2)CC1. The fourth-order valence-electron chi connectivity index (χ4n) is 3.50. The number of morpholine rings is 2. The molecule has 0 saturated carbocycles. The van der Waals surface area contributed by atoms with Crippen LogP contribution in [0.3, 0.4) is 0 Å². The molecule has 3 aliphatic heterocycles. The lowest BCUT2D eigenvalue weighted by Crippen LogP contribution is -2.41. The van der Waals surface area contributed by atoms with Crippen molar-refractivity contribution in [3.05, 3.63) is 0 Å². The summed E-state index contributed by atoms with van der Waals surface area (Å²) in [6.45, 7) is 10.6. The third kappa shape index (κ3) is 3.95. The molecule has 1 aromatic heterocycles. The lowest BCUT2D eigenvalue weighted by molar-refractivity contribution is 0.121. The van der Waals surface area contributed by atoms with E-state index in [0.29, 0.717) is 0 Å². The first-order valence-corrected chi connectivity index (χ1v) is 9.46. The highest BCUT2D eigenvalue weighted by atomic mass is 16.5. The molecule has 8 heteroatoms. The molecular formula is C17H28N6O2. The van der Waals surface area contributed by atoms with E-state index in [9.17, 15) is 0 Å². The Kier molecular flexibility index (Phi) is 5.17. The van der Waals surface area contributed by atoms with Crippen molar-refractivity contribution in [2.75, 3.05) is 80.4 Å². The predicted octanol–water partition coefficient (Wildman–Crippen LogP) is 0.781. The van der Waals surface area contributed by atoms with Crippen LogP contribution in [0.5, 0.6) is 0 Å². The summed E-state index contributed by atoms with van der Waals surface area (Å²) in [7, 11) is 0. The van der Waals surface area contributed by atoms with E-state index in [2.05, 4.69) is 21.6 Å². The summed E-state index contributed by atoms with van der Waals surface area (Å²) in [5, 5.41) is 0. The molecule has 0 bridgehead atoms. The minimum atomic E-state index is 0.731. The number of anilines is 3. The van der Waals surface area contributed by atoms with Gasteiger partial charge in [0.2, 0.25) is 17.8 Å². The molecule has 0 unspecified atom stereocenters. The van der Waals surface area contributed by atoms with Crippen molar-refractivity contribution in [3.63, 3.8) is 0 Å². The number of aromatic nitrogens is 3. The van der Waals surface area contributed by atoms with Crippen LogP contribution in [0.4, 0.5) is 17.8 Å². The van der Waals surface area contributed by atoms with Crippen LogP contribution in [-0.4, -0.2) is 80.6 Å². The quantitative estimate of drug-likeness (QED) is 0.794. The highest BCUT2D eigenvalue weighted by Gasteiger charge is 2.24. The Labute approximate surface area is 149 Å². The minimum absolute atomic E-state index is 0.731. The highest BCUT2D eigenvalue weighted by Crippen LogP contribution is 2.24. The first kappa shape index (κ1) is 16.8. The van der Waals surface area contributed by atoms with Crippen molar-refractivity contribution in [1.82, 2.24) is 15.0 Å². The molecule has 4 rings (SSSR count). The van der Waals surface area contributed by atoms with Gasteiger partial charge in [0.15, 0.2) is 0 Å². The third-order valence-corrected chi connectivity index (χ3v) is 5.25. The second kappa shape index (κ2) is 7.70. The molecule has 0 aromatic carbocycles. The number of hydrogen-bond acceptors (Lipinski definition) is 8. The smallest absolute Gasteiger partial charge is 0.232 e. The molecule has 0 aliphatic carbocycles. The summed E-state index contributed by atoms with van der Waals surface area (Å²) in [5.41, 5.74) is 0. The Balaban J connectivity index is 1.61. The van der Waals surface area contributed by atoms with Gasteiger partial charge in [-0.15, -0.1) is 0 Å². The third-order valence-electron chi connectivity index (χ3n) is 5.25. The topological polar surface area (TPSA) is 66.9 Å². The van der Waals surface area contributed by atoms with Crippen LogP contribution >= 0.6 is 0 Å². The van der Waals surface area contributed by atoms with E-state index in [1.807, 2.05) is 0 Å². The minimum Gasteiger partial charge on any atom is -0.378 e. The van der Waals surface area contributed by atoms with E-state index in [0.717, 1.165) is 89.5 Å². The van der Waals surface area contributed by atoms with Gasteiger partial charge < -0.3 is 24.2 Å². The molecule has 0 atom stereocenters. The second-order valence-corrected chi connectivity index (χ2v) is 7.10. The van der Waals surface area contributed by atoms with Gasteiger partial charge in [0.25, 0.3) is 0 Å². The zero-order valence-corrected chi connectivity index (χ0v) is 15.1. The summed E-state index contributed by atoms with van der Waals surface area (Å²) in [4.78, 5) is 21.2. The van der Waals surface area contributed by atoms with Crippen molar-refractivity contribution in [2.45, 2.75) is 19.8 Å². The van der Waals surface area contributed by atoms with Crippen molar-refractivity contribution in [1.29, 1.82) is 0 Å². The van der Waals surface area contributed by atoms with Gasteiger partial charge in [0.1, 0.15) is 0 Å². The lowest BCUT2D eigenvalue weighted by Gasteiger charge is -2.33. The van der Waals surface area contributed by atoms with Crippen molar-refractivity contribution >= 4 is 17.8 Å². The van der Waals surface area contributed by atoms with Crippen molar-refractivity contribution < 1.29 is 9.47 Å². The van der Waals surface area contributed by atoms with Gasteiger partial charge in [0.05, 0.1) is 26.4 Å². The van der Waals surface area contributed by atoms with E-state index >= 15 is 0 Å². The Morgan fingerprint density at radius 3 is 1.40 bits per heavy atom. The molecule has 1 aromatic rings. The molecule has 0 radical (unpaired) electrons. The van der Waals surface area contributed by atoms with Gasteiger partial charge in [-0.2, -0.15) is 15.0 Å². The maximum Gasteiger partial charge on any atom is 0.232 e. The molecule has 25 heavy (non-hydrogen) atoms. The lowest BCUT2D eigenvalue weighted by atomic mass is 10.00. The van der Waals surface area contributed by atoms with E-state index in [-0.39, 0.29) is 0 Å². The zero-order valence-electron chi connectivity index (χ0n) is 15.1. The van der Waals surface area contributed by atoms with Crippen molar-refractivity contribution in [3.8, 4) is 0 Å². The first-order valence-electron chi connectivity index (χ1n) is 9.46. The fraction of sp³-hybridized carbons (Fsp3) is 0.824. The summed E-state index contributed by atoms with van der Waals surface area (Å²) in [5.74, 6) is 3.18. The molecule has 4 heterocycles. The van der Waals surface area contributed by atoms with Gasteiger partial charge in [-0.1, -0.05) is 6.92 Å². The average molecular weight is 348 g/mol. The zero-order chi connectivity index (χ0) is 17.1. The van der Waals surface area contributed by atoms with Gasteiger partial charge in [0, 0.05) is 39.3 Å². The van der Waals surface area contributed by atoms with E-state index in [1.165, 1.54) is 12.8 Å². The summed E-state index contributed by atoms with van der Waals surface area (Å²) >= 11 is 0. The van der Waals surface area contributed by atoms with Crippen LogP contribution in [0.2, 0.25) is 0 Å². The summed E-state index contributed by atoms with van der Waals surface area (Å²) < 4.78 is 11.0. The van der Waals surface area contributed by atoms with Gasteiger partial charge in [-0.3, -0.25) is 0 Å². The standard InChI is InChI=1S/C17H28N6O2/c1-14-2-4-21(5-3-14)15-18-16(22-6-10-24-11-7-22)20-17(19-15)23-8-12-25-13-9-23/h14H,2-13H2,1H3. The predicted molar refractivity (Wildman–Crippen MR) is 96.5 cm³/mol. The molecule has 3 saturated heterocycles. The number of piperidine rings is 1. The fourth-order valence-corrected chi connectivity index (χ4v) is 3.50. The second-order valence-electron chi connectivity index (χ2n) is 7.10. The molecule has 138 valence electrons. The summed E-state index contributed by atoms with van der Waals surface area (Å²) in [6, 6.07) is 0. The van der Waals surface area contributed by atoms with Gasteiger partial charge >= 0.3 is 0 Å². The number of rotatable bonds is 3. The Morgan fingerprint density at radius 1 is 0.640 bits per heavy atom. The van der Waals surface area contributed by atoms with Crippen LogP contribution in [0.1, 0.15) is 19.8 Å². The molecule has 0 amide bonds. The molecule has 0 N–H and O–H groups in total. The van der Waals surface area contributed by atoms with E-state index in [1.54, 1.807) is 0 Å². The van der Waals surface area contributed by atoms with Gasteiger partial charge in [-0.05, 0) is 18.8 Å². The first-order chi connectivity index (χ1) is 12.3. The van der Waals surface area contributed by atoms with E-state index in [4.69, 9.17) is 24.4 Å². The van der Waals surface area contributed by atoms with Crippen LogP contribution < -0.4 is 14.7 Å². The molecule has 3 fully saturated rings.